The number of hydrogen-bond donors (Lipinski definition) is 1. The summed E-state index contributed by atoms with van der Waals surface area (Å²) in [7, 11) is 0. The first kappa shape index (κ1) is 24.9. The van der Waals surface area contributed by atoms with Gasteiger partial charge in [0, 0.05) is 39.1 Å². The maximum absolute atomic E-state index is 12.2. The molecule has 1 amide bonds. The molecule has 0 atom stereocenters. The van der Waals surface area contributed by atoms with E-state index in [-0.39, 0.29) is 5.91 Å². The van der Waals surface area contributed by atoms with Crippen molar-refractivity contribution in [1.29, 1.82) is 0 Å². The molecule has 30 heavy (non-hydrogen) atoms. The third-order valence-electron chi connectivity index (χ3n) is 6.16. The number of unbranched alkanes of at least 4 members (excludes halogenated alkanes) is 11. The third kappa shape index (κ3) is 11.7. The molecular weight excluding hydrogens is 370 g/mol. The first-order valence-corrected chi connectivity index (χ1v) is 12.6. The fourth-order valence-electron chi connectivity index (χ4n) is 4.22. The van der Waals surface area contributed by atoms with Crippen molar-refractivity contribution in [3.8, 4) is 0 Å². The average Bonchev–Trinajstić information content (AvgIpc) is 2.76. The van der Waals surface area contributed by atoms with Crippen molar-refractivity contribution in [2.24, 2.45) is 0 Å². The molecule has 0 spiro atoms. The molecule has 4 nitrogen and oxygen atoms in total. The fourth-order valence-corrected chi connectivity index (χ4v) is 4.22. The van der Waals surface area contributed by atoms with Crippen LogP contribution in [0.4, 0.5) is 0 Å². The summed E-state index contributed by atoms with van der Waals surface area (Å²) in [6.45, 7) is 7.12. The predicted molar refractivity (Wildman–Crippen MR) is 127 cm³/mol. The fraction of sp³-hybridized carbons (Fsp3) is 0.731. The number of hydrazine groups is 1. The molecule has 1 heterocycles. The van der Waals surface area contributed by atoms with Gasteiger partial charge in [-0.15, -0.1) is 0 Å². The Labute approximate surface area is 185 Å². The Morgan fingerprint density at radius 3 is 1.87 bits per heavy atom. The lowest BCUT2D eigenvalue weighted by Gasteiger charge is -2.34. The summed E-state index contributed by atoms with van der Waals surface area (Å²) in [5, 5.41) is 2.10. The number of amides is 1. The van der Waals surface area contributed by atoms with Crippen LogP contribution in [0.3, 0.4) is 0 Å². The van der Waals surface area contributed by atoms with Gasteiger partial charge in [-0.25, -0.2) is 5.01 Å². The molecule has 0 aromatic heterocycles. The van der Waals surface area contributed by atoms with E-state index in [0.717, 1.165) is 39.1 Å². The molecule has 2 rings (SSSR count). The molecule has 0 radical (unpaired) electrons. The molecule has 1 aromatic rings. The summed E-state index contributed by atoms with van der Waals surface area (Å²) in [4.78, 5) is 14.7. The normalized spacial score (nSPS) is 15.4. The Morgan fingerprint density at radius 2 is 1.30 bits per heavy atom. The Hall–Kier alpha value is -1.39. The zero-order valence-corrected chi connectivity index (χ0v) is 19.4. The van der Waals surface area contributed by atoms with E-state index in [0.29, 0.717) is 6.42 Å². The van der Waals surface area contributed by atoms with Gasteiger partial charge in [0.25, 0.3) is 0 Å². The lowest BCUT2D eigenvalue weighted by atomic mass is 10.0. The van der Waals surface area contributed by atoms with Gasteiger partial charge in [0.1, 0.15) is 0 Å². The van der Waals surface area contributed by atoms with Crippen LogP contribution in [0.5, 0.6) is 0 Å². The van der Waals surface area contributed by atoms with Crippen molar-refractivity contribution in [1.82, 2.24) is 15.3 Å². The number of nitrogens with zero attached hydrogens (tertiary/aromatic N) is 2. The lowest BCUT2D eigenvalue weighted by Crippen LogP contribution is -2.53. The number of nitrogens with one attached hydrogen (secondary N) is 1. The maximum Gasteiger partial charge on any atom is 0.234 e. The number of carbonyl (C=O) groups excluding carboxylic acids is 1. The first-order chi connectivity index (χ1) is 14.8. The summed E-state index contributed by atoms with van der Waals surface area (Å²) in [5.74, 6) is 0.193. The minimum atomic E-state index is 0.193. The van der Waals surface area contributed by atoms with Gasteiger partial charge < -0.3 is 0 Å². The Balaban J connectivity index is 1.39. The van der Waals surface area contributed by atoms with E-state index in [1.165, 1.54) is 76.2 Å². The van der Waals surface area contributed by atoms with E-state index in [1.54, 1.807) is 0 Å². The van der Waals surface area contributed by atoms with Gasteiger partial charge in [0.05, 0.1) is 0 Å². The second kappa shape index (κ2) is 16.3. The van der Waals surface area contributed by atoms with Gasteiger partial charge in [0.15, 0.2) is 0 Å². The van der Waals surface area contributed by atoms with E-state index in [4.69, 9.17) is 0 Å². The smallest absolute Gasteiger partial charge is 0.234 e. The average molecular weight is 416 g/mol. The molecule has 1 N–H and O–H groups in total. The van der Waals surface area contributed by atoms with E-state index >= 15 is 0 Å². The molecule has 1 aliphatic rings. The number of benzene rings is 1. The quantitative estimate of drug-likeness (QED) is 0.340. The second-order valence-electron chi connectivity index (χ2n) is 8.92. The van der Waals surface area contributed by atoms with Gasteiger partial charge in [-0.05, 0) is 12.0 Å². The number of rotatable bonds is 16. The largest absolute Gasteiger partial charge is 0.296 e. The van der Waals surface area contributed by atoms with E-state index < -0.39 is 0 Å². The zero-order chi connectivity index (χ0) is 21.3. The van der Waals surface area contributed by atoms with E-state index in [1.807, 2.05) is 0 Å². The van der Waals surface area contributed by atoms with Gasteiger partial charge in [0.2, 0.25) is 5.91 Å². The standard InChI is InChI=1S/C26H45N3O/c1-2-3-4-5-6-7-8-9-10-11-12-16-19-26(30)27-29-22-20-28(21-23-29)24-25-17-14-13-15-18-25/h13-15,17-18H,2-12,16,19-24H2,1H3,(H,27,30). The van der Waals surface area contributed by atoms with Crippen LogP contribution in [0.2, 0.25) is 0 Å². The molecule has 0 saturated carbocycles. The highest BCUT2D eigenvalue weighted by Gasteiger charge is 2.18. The highest BCUT2D eigenvalue weighted by molar-refractivity contribution is 5.75. The Bertz CT molecular complexity index is 540. The summed E-state index contributed by atoms with van der Waals surface area (Å²) in [6, 6.07) is 10.6. The van der Waals surface area contributed by atoms with Crippen molar-refractivity contribution in [2.75, 3.05) is 26.2 Å². The van der Waals surface area contributed by atoms with Gasteiger partial charge in [-0.2, -0.15) is 0 Å². The molecule has 0 aliphatic carbocycles. The topological polar surface area (TPSA) is 35.6 Å². The van der Waals surface area contributed by atoms with Crippen molar-refractivity contribution in [2.45, 2.75) is 96.9 Å². The summed E-state index contributed by atoms with van der Waals surface area (Å²) >= 11 is 0. The van der Waals surface area contributed by atoms with Crippen LogP contribution in [-0.4, -0.2) is 42.0 Å². The summed E-state index contributed by atoms with van der Waals surface area (Å²) in [5.41, 5.74) is 4.47. The van der Waals surface area contributed by atoms with Crippen molar-refractivity contribution in [3.63, 3.8) is 0 Å². The van der Waals surface area contributed by atoms with Crippen LogP contribution in [0.1, 0.15) is 96.0 Å². The molecule has 1 saturated heterocycles. The lowest BCUT2D eigenvalue weighted by molar-refractivity contribution is -0.127. The summed E-state index contributed by atoms with van der Waals surface area (Å²) in [6.07, 6.45) is 16.7. The third-order valence-corrected chi connectivity index (χ3v) is 6.16. The molecular formula is C26H45N3O. The molecule has 0 unspecified atom stereocenters. The van der Waals surface area contributed by atoms with Crippen molar-refractivity contribution >= 4 is 5.91 Å². The Kier molecular flexibility index (Phi) is 13.5. The molecule has 0 bridgehead atoms. The van der Waals surface area contributed by atoms with E-state index in [9.17, 15) is 4.79 Å². The highest BCUT2D eigenvalue weighted by atomic mass is 16.2. The number of carbonyl (C=O) groups is 1. The minimum Gasteiger partial charge on any atom is -0.296 e. The van der Waals surface area contributed by atoms with Gasteiger partial charge in [-0.3, -0.25) is 15.1 Å². The van der Waals surface area contributed by atoms with Crippen LogP contribution in [0.25, 0.3) is 0 Å². The van der Waals surface area contributed by atoms with Crippen LogP contribution < -0.4 is 5.43 Å². The molecule has 170 valence electrons. The second-order valence-corrected chi connectivity index (χ2v) is 8.92. The van der Waals surface area contributed by atoms with Crippen LogP contribution in [0.15, 0.2) is 30.3 Å². The molecule has 4 heteroatoms. The predicted octanol–water partition coefficient (Wildman–Crippen LogP) is 5.93. The highest BCUT2D eigenvalue weighted by Crippen LogP contribution is 2.13. The SMILES string of the molecule is CCCCCCCCCCCCCCC(=O)NN1CCN(Cc2ccccc2)CC1. The van der Waals surface area contributed by atoms with E-state index in [2.05, 4.69) is 52.6 Å². The number of piperazine rings is 1. The van der Waals surface area contributed by atoms with Crippen LogP contribution in [-0.2, 0) is 11.3 Å². The Morgan fingerprint density at radius 1 is 0.767 bits per heavy atom. The number of hydrogen-bond acceptors (Lipinski definition) is 3. The molecule has 1 aromatic carbocycles. The monoisotopic (exact) mass is 415 g/mol. The summed E-state index contributed by atoms with van der Waals surface area (Å²) < 4.78 is 0. The zero-order valence-electron chi connectivity index (χ0n) is 19.4. The van der Waals surface area contributed by atoms with Gasteiger partial charge in [-0.1, -0.05) is 108 Å². The maximum atomic E-state index is 12.2. The van der Waals surface area contributed by atoms with Crippen molar-refractivity contribution < 1.29 is 4.79 Å². The first-order valence-electron chi connectivity index (χ1n) is 12.6. The van der Waals surface area contributed by atoms with Crippen LogP contribution in [0, 0.1) is 0 Å². The minimum absolute atomic E-state index is 0.193. The van der Waals surface area contributed by atoms with Crippen molar-refractivity contribution in [3.05, 3.63) is 35.9 Å². The van der Waals surface area contributed by atoms with Gasteiger partial charge >= 0.3 is 0 Å². The van der Waals surface area contributed by atoms with Crippen LogP contribution >= 0.6 is 0 Å². The molecule has 1 aliphatic heterocycles. The molecule has 1 fully saturated rings.